The summed E-state index contributed by atoms with van der Waals surface area (Å²) in [6.07, 6.45) is 2.18. The summed E-state index contributed by atoms with van der Waals surface area (Å²) in [4.78, 5) is 4.26. The molecule has 1 aliphatic rings. The Kier molecular flexibility index (Phi) is 2.54. The Hall–Kier alpha value is -0.900. The van der Waals surface area contributed by atoms with Gasteiger partial charge in [0.2, 0.25) is 0 Å². The molecule has 0 amide bonds. The highest BCUT2D eigenvalue weighted by Gasteiger charge is 2.21. The average molecular weight is 257 g/mol. The van der Waals surface area contributed by atoms with Crippen LogP contribution in [0.3, 0.4) is 0 Å². The van der Waals surface area contributed by atoms with Crippen molar-refractivity contribution in [1.82, 2.24) is 0 Å². The van der Waals surface area contributed by atoms with Crippen LogP contribution in [0.1, 0.15) is 18.4 Å². The summed E-state index contributed by atoms with van der Waals surface area (Å²) in [5.74, 6) is 0.121. The van der Waals surface area contributed by atoms with E-state index in [9.17, 15) is 4.39 Å². The predicted octanol–water partition coefficient (Wildman–Crippen LogP) is 2.46. The molecule has 1 aromatic carbocycles. The Morgan fingerprint density at radius 1 is 1.50 bits per heavy atom. The van der Waals surface area contributed by atoms with Crippen molar-refractivity contribution < 1.29 is 4.39 Å². The monoisotopic (exact) mass is 256 g/mol. The molecule has 1 saturated carbocycles. The van der Waals surface area contributed by atoms with Gasteiger partial charge >= 0.3 is 0 Å². The van der Waals surface area contributed by atoms with E-state index in [1.807, 2.05) is 0 Å². The van der Waals surface area contributed by atoms with Crippen molar-refractivity contribution >= 4 is 21.8 Å². The van der Waals surface area contributed by atoms with Crippen LogP contribution in [0, 0.1) is 5.82 Å². The van der Waals surface area contributed by atoms with E-state index in [1.54, 1.807) is 6.07 Å². The van der Waals surface area contributed by atoms with Crippen molar-refractivity contribution in [2.75, 3.05) is 0 Å². The first-order valence-corrected chi connectivity index (χ1v) is 5.25. The second-order valence-corrected chi connectivity index (χ2v) is 4.22. The lowest BCUT2D eigenvalue weighted by Gasteiger charge is -2.03. The molecular weight excluding hydrogens is 247 g/mol. The summed E-state index contributed by atoms with van der Waals surface area (Å²) >= 11 is 3.31. The van der Waals surface area contributed by atoms with Gasteiger partial charge in [0.05, 0.1) is 6.04 Å². The van der Waals surface area contributed by atoms with E-state index in [2.05, 4.69) is 20.9 Å². The van der Waals surface area contributed by atoms with Crippen LogP contribution in [-0.4, -0.2) is 11.9 Å². The van der Waals surface area contributed by atoms with Crippen LogP contribution in [0.15, 0.2) is 27.7 Å². The number of aliphatic imine (C=N–C) groups is 1. The van der Waals surface area contributed by atoms with Gasteiger partial charge in [0.1, 0.15) is 11.7 Å². The normalized spacial score (nSPS) is 17.1. The molecule has 0 unspecified atom stereocenters. The van der Waals surface area contributed by atoms with Gasteiger partial charge in [-0.25, -0.2) is 4.39 Å². The van der Waals surface area contributed by atoms with Gasteiger partial charge in [-0.2, -0.15) is 0 Å². The van der Waals surface area contributed by atoms with Gasteiger partial charge in [-0.15, -0.1) is 0 Å². The van der Waals surface area contributed by atoms with Crippen LogP contribution < -0.4 is 5.73 Å². The molecule has 0 radical (unpaired) electrons. The summed E-state index contributed by atoms with van der Waals surface area (Å²) in [6, 6.07) is 4.77. The minimum absolute atomic E-state index is 0.294. The maximum Gasteiger partial charge on any atom is 0.127 e. The van der Waals surface area contributed by atoms with Crippen LogP contribution in [-0.2, 0) is 0 Å². The molecule has 0 saturated heterocycles. The van der Waals surface area contributed by atoms with E-state index in [-0.39, 0.29) is 5.82 Å². The summed E-state index contributed by atoms with van der Waals surface area (Å²) in [5.41, 5.74) is 6.40. The minimum atomic E-state index is -0.294. The van der Waals surface area contributed by atoms with Gasteiger partial charge in [0, 0.05) is 10.0 Å². The molecule has 0 aromatic heterocycles. The van der Waals surface area contributed by atoms with Gasteiger partial charge in [-0.05, 0) is 31.0 Å². The van der Waals surface area contributed by atoms with Crippen molar-refractivity contribution in [2.24, 2.45) is 10.7 Å². The molecule has 74 valence electrons. The van der Waals surface area contributed by atoms with Gasteiger partial charge in [-0.1, -0.05) is 15.9 Å². The highest BCUT2D eigenvalue weighted by Crippen LogP contribution is 2.25. The number of amidine groups is 1. The van der Waals surface area contributed by atoms with E-state index < -0.39 is 0 Å². The van der Waals surface area contributed by atoms with Crippen molar-refractivity contribution in [3.63, 3.8) is 0 Å². The number of nitrogens with two attached hydrogens (primary N) is 1. The van der Waals surface area contributed by atoms with E-state index >= 15 is 0 Å². The lowest BCUT2D eigenvalue weighted by molar-refractivity contribution is 0.627. The lowest BCUT2D eigenvalue weighted by Crippen LogP contribution is -2.15. The van der Waals surface area contributed by atoms with Crippen molar-refractivity contribution in [2.45, 2.75) is 18.9 Å². The highest BCUT2D eigenvalue weighted by molar-refractivity contribution is 9.10. The fraction of sp³-hybridized carbons (Fsp3) is 0.300. The van der Waals surface area contributed by atoms with Crippen LogP contribution in [0.2, 0.25) is 0 Å². The third-order valence-corrected chi connectivity index (χ3v) is 2.76. The van der Waals surface area contributed by atoms with Crippen LogP contribution >= 0.6 is 15.9 Å². The van der Waals surface area contributed by atoms with Crippen LogP contribution in [0.4, 0.5) is 4.39 Å². The molecule has 14 heavy (non-hydrogen) atoms. The smallest absolute Gasteiger partial charge is 0.127 e. The predicted molar refractivity (Wildman–Crippen MR) is 57.8 cm³/mol. The topological polar surface area (TPSA) is 38.4 Å². The molecule has 0 spiro atoms. The first-order chi connectivity index (χ1) is 6.66. The van der Waals surface area contributed by atoms with Gasteiger partial charge < -0.3 is 5.73 Å². The largest absolute Gasteiger partial charge is 0.383 e. The molecule has 0 heterocycles. The van der Waals surface area contributed by atoms with Crippen molar-refractivity contribution in [1.29, 1.82) is 0 Å². The second-order valence-electron chi connectivity index (χ2n) is 3.37. The zero-order valence-corrected chi connectivity index (χ0v) is 9.09. The van der Waals surface area contributed by atoms with Gasteiger partial charge in [0.25, 0.3) is 0 Å². The molecule has 0 atom stereocenters. The van der Waals surface area contributed by atoms with E-state index in [1.165, 1.54) is 12.1 Å². The third kappa shape index (κ3) is 2.12. The Morgan fingerprint density at radius 2 is 2.21 bits per heavy atom. The Labute approximate surface area is 90.2 Å². The molecule has 1 aromatic rings. The standard InChI is InChI=1S/C10H10BrFN2/c11-9-4-1-6(12)5-8(9)10(13)14-7-2-3-7/h1,4-5,7H,2-3H2,(H2,13,14). The zero-order chi connectivity index (χ0) is 10.1. The quantitative estimate of drug-likeness (QED) is 0.641. The molecule has 1 fully saturated rings. The summed E-state index contributed by atoms with van der Waals surface area (Å²) in [5, 5.41) is 0. The number of halogens is 2. The lowest BCUT2D eigenvalue weighted by atomic mass is 10.2. The molecule has 2 nitrogen and oxygen atoms in total. The molecule has 2 rings (SSSR count). The number of benzene rings is 1. The maximum absolute atomic E-state index is 12.9. The van der Waals surface area contributed by atoms with Gasteiger partial charge in [-0.3, -0.25) is 4.99 Å². The number of rotatable bonds is 2. The maximum atomic E-state index is 12.9. The number of nitrogens with zero attached hydrogens (tertiary/aromatic N) is 1. The molecule has 2 N–H and O–H groups in total. The van der Waals surface area contributed by atoms with E-state index in [0.29, 0.717) is 17.4 Å². The first kappa shape index (κ1) is 9.65. The summed E-state index contributed by atoms with van der Waals surface area (Å²) < 4.78 is 13.7. The SMILES string of the molecule is NC(=NC1CC1)c1cc(F)ccc1Br. The highest BCUT2D eigenvalue weighted by atomic mass is 79.9. The minimum Gasteiger partial charge on any atom is -0.383 e. The Balaban J connectivity index is 2.33. The second kappa shape index (κ2) is 3.69. The van der Waals surface area contributed by atoms with Crippen molar-refractivity contribution in [3.05, 3.63) is 34.1 Å². The fourth-order valence-corrected chi connectivity index (χ4v) is 1.61. The third-order valence-electron chi connectivity index (χ3n) is 2.07. The van der Waals surface area contributed by atoms with E-state index in [0.717, 1.165) is 17.3 Å². The number of hydrogen-bond acceptors (Lipinski definition) is 1. The Morgan fingerprint density at radius 3 is 2.86 bits per heavy atom. The summed E-state index contributed by atoms with van der Waals surface area (Å²) in [6.45, 7) is 0. The van der Waals surface area contributed by atoms with Gasteiger partial charge in [0.15, 0.2) is 0 Å². The fourth-order valence-electron chi connectivity index (χ4n) is 1.16. The molecule has 0 aliphatic heterocycles. The van der Waals surface area contributed by atoms with Crippen LogP contribution in [0.5, 0.6) is 0 Å². The summed E-state index contributed by atoms with van der Waals surface area (Å²) in [7, 11) is 0. The Bertz CT molecular complexity index is 386. The molecular formula is C10H10BrFN2. The molecule has 4 heteroatoms. The average Bonchev–Trinajstić information content (AvgIpc) is 2.93. The molecule has 0 bridgehead atoms. The number of hydrogen-bond donors (Lipinski definition) is 1. The molecule has 1 aliphatic carbocycles. The van der Waals surface area contributed by atoms with Crippen molar-refractivity contribution in [3.8, 4) is 0 Å². The van der Waals surface area contributed by atoms with Crippen LogP contribution in [0.25, 0.3) is 0 Å². The van der Waals surface area contributed by atoms with E-state index in [4.69, 9.17) is 5.73 Å². The zero-order valence-electron chi connectivity index (χ0n) is 7.50. The first-order valence-electron chi connectivity index (χ1n) is 4.45.